The molecule has 0 amide bonds. The highest BCUT2D eigenvalue weighted by molar-refractivity contribution is 5.85. The van der Waals surface area contributed by atoms with Gasteiger partial charge in [-0.15, -0.1) is 6.58 Å². The van der Waals surface area contributed by atoms with E-state index in [1.165, 1.54) is 37.7 Å². The minimum Gasteiger partial charge on any atom is -0.206 e. The van der Waals surface area contributed by atoms with E-state index < -0.39 is 0 Å². The van der Waals surface area contributed by atoms with Crippen LogP contribution in [0.4, 0.5) is 4.39 Å². The Hall–Kier alpha value is -2.85. The van der Waals surface area contributed by atoms with Crippen LogP contribution in [0.25, 0.3) is 10.8 Å². The predicted molar refractivity (Wildman–Crippen MR) is 139 cm³/mol. The molecule has 3 aromatic rings. The molecule has 0 unspecified atom stereocenters. The van der Waals surface area contributed by atoms with Gasteiger partial charge in [-0.1, -0.05) is 61.6 Å². The second kappa shape index (κ2) is 11.3. The van der Waals surface area contributed by atoms with Crippen molar-refractivity contribution in [2.24, 2.45) is 11.8 Å². The van der Waals surface area contributed by atoms with Crippen LogP contribution in [-0.2, 0) is 12.8 Å². The Kier molecular flexibility index (Phi) is 8.01. The molecule has 0 spiro atoms. The van der Waals surface area contributed by atoms with Gasteiger partial charge in [-0.05, 0) is 104 Å². The molecule has 0 bridgehead atoms. The molecule has 0 aromatic heterocycles. The number of halogens is 1. The van der Waals surface area contributed by atoms with Crippen LogP contribution in [0, 0.1) is 29.5 Å². The predicted octanol–water partition coefficient (Wildman–Crippen LogP) is 8.65. The zero-order valence-corrected chi connectivity index (χ0v) is 19.9. The van der Waals surface area contributed by atoms with Gasteiger partial charge in [0.1, 0.15) is 5.82 Å². The SMILES string of the molecule is C=CC1CCC(CCc2ccc(C#Cc3ccc4c(F)c(CCCC)ccc4c3)cc2)CC1. The van der Waals surface area contributed by atoms with Crippen molar-refractivity contribution in [3.8, 4) is 11.8 Å². The summed E-state index contributed by atoms with van der Waals surface area (Å²) in [6, 6.07) is 18.4. The highest BCUT2D eigenvalue weighted by Gasteiger charge is 2.18. The molecule has 0 saturated heterocycles. The van der Waals surface area contributed by atoms with E-state index in [0.29, 0.717) is 5.39 Å². The third-order valence-electron chi connectivity index (χ3n) is 7.20. The molecule has 0 heterocycles. The summed E-state index contributed by atoms with van der Waals surface area (Å²) in [5, 5.41) is 1.61. The van der Waals surface area contributed by atoms with Gasteiger partial charge in [-0.25, -0.2) is 4.39 Å². The molecule has 1 saturated carbocycles. The van der Waals surface area contributed by atoms with Crippen LogP contribution < -0.4 is 0 Å². The summed E-state index contributed by atoms with van der Waals surface area (Å²) in [5.41, 5.74) is 4.15. The molecular weight excluding hydrogens is 403 g/mol. The maximum atomic E-state index is 14.8. The van der Waals surface area contributed by atoms with E-state index in [0.717, 1.165) is 59.6 Å². The highest BCUT2D eigenvalue weighted by Crippen LogP contribution is 2.32. The van der Waals surface area contributed by atoms with Crippen molar-refractivity contribution < 1.29 is 4.39 Å². The summed E-state index contributed by atoms with van der Waals surface area (Å²) in [7, 11) is 0. The zero-order valence-electron chi connectivity index (χ0n) is 19.9. The van der Waals surface area contributed by atoms with Crippen LogP contribution in [0.1, 0.15) is 74.1 Å². The normalized spacial score (nSPS) is 18.0. The van der Waals surface area contributed by atoms with Gasteiger partial charge in [-0.2, -0.15) is 0 Å². The van der Waals surface area contributed by atoms with Gasteiger partial charge in [0.15, 0.2) is 0 Å². The maximum Gasteiger partial charge on any atom is 0.134 e. The monoisotopic (exact) mass is 438 g/mol. The van der Waals surface area contributed by atoms with E-state index in [2.05, 4.69) is 55.7 Å². The number of hydrogen-bond donors (Lipinski definition) is 0. The summed E-state index contributed by atoms with van der Waals surface area (Å²) in [4.78, 5) is 0. The van der Waals surface area contributed by atoms with Crippen LogP contribution >= 0.6 is 0 Å². The minimum absolute atomic E-state index is 0.0789. The number of fused-ring (bicyclic) bond motifs is 1. The first-order chi connectivity index (χ1) is 16.2. The van der Waals surface area contributed by atoms with E-state index in [-0.39, 0.29) is 5.82 Å². The fourth-order valence-corrected chi connectivity index (χ4v) is 4.96. The van der Waals surface area contributed by atoms with Crippen LogP contribution in [0.3, 0.4) is 0 Å². The van der Waals surface area contributed by atoms with Crippen molar-refractivity contribution in [1.29, 1.82) is 0 Å². The lowest BCUT2D eigenvalue weighted by atomic mass is 9.79. The fourth-order valence-electron chi connectivity index (χ4n) is 4.96. The fraction of sp³-hybridized carbons (Fsp3) is 0.375. The number of rotatable bonds is 7. The second-order valence-corrected chi connectivity index (χ2v) is 9.58. The van der Waals surface area contributed by atoms with Gasteiger partial charge < -0.3 is 0 Å². The number of hydrogen-bond acceptors (Lipinski definition) is 0. The smallest absolute Gasteiger partial charge is 0.134 e. The third kappa shape index (κ3) is 6.14. The lowest BCUT2D eigenvalue weighted by Crippen LogP contribution is -2.13. The first kappa shape index (κ1) is 23.3. The van der Waals surface area contributed by atoms with Gasteiger partial charge >= 0.3 is 0 Å². The molecule has 0 atom stereocenters. The molecule has 0 nitrogen and oxygen atoms in total. The van der Waals surface area contributed by atoms with Gasteiger partial charge in [-0.3, -0.25) is 0 Å². The summed E-state index contributed by atoms with van der Waals surface area (Å²) in [5.74, 6) is 8.05. The van der Waals surface area contributed by atoms with Crippen molar-refractivity contribution in [1.82, 2.24) is 0 Å². The Bertz CT molecular complexity index is 1130. The van der Waals surface area contributed by atoms with Gasteiger partial charge in [0.05, 0.1) is 0 Å². The molecule has 3 aromatic carbocycles. The van der Waals surface area contributed by atoms with E-state index in [1.54, 1.807) is 0 Å². The first-order valence-electron chi connectivity index (χ1n) is 12.6. The van der Waals surface area contributed by atoms with Gasteiger partial charge in [0.25, 0.3) is 0 Å². The Morgan fingerprint density at radius 1 is 0.909 bits per heavy atom. The summed E-state index contributed by atoms with van der Waals surface area (Å²) >= 11 is 0. The molecule has 33 heavy (non-hydrogen) atoms. The van der Waals surface area contributed by atoms with Crippen molar-refractivity contribution in [3.63, 3.8) is 0 Å². The molecule has 0 N–H and O–H groups in total. The van der Waals surface area contributed by atoms with Crippen molar-refractivity contribution >= 4 is 10.8 Å². The Balaban J connectivity index is 1.37. The lowest BCUT2D eigenvalue weighted by Gasteiger charge is -2.26. The number of unbranched alkanes of at least 4 members (excludes halogenated alkanes) is 1. The van der Waals surface area contributed by atoms with E-state index in [1.807, 2.05) is 30.3 Å². The molecule has 1 heteroatoms. The highest BCUT2D eigenvalue weighted by atomic mass is 19.1. The molecule has 0 radical (unpaired) electrons. The summed E-state index contributed by atoms with van der Waals surface area (Å²) < 4.78 is 14.8. The molecule has 170 valence electrons. The van der Waals surface area contributed by atoms with E-state index in [9.17, 15) is 4.39 Å². The van der Waals surface area contributed by atoms with Crippen molar-refractivity contribution in [2.45, 2.75) is 64.7 Å². The number of aryl methyl sites for hydroxylation is 2. The van der Waals surface area contributed by atoms with Crippen molar-refractivity contribution in [3.05, 3.63) is 95.3 Å². The third-order valence-corrected chi connectivity index (χ3v) is 7.20. The average molecular weight is 439 g/mol. The zero-order chi connectivity index (χ0) is 23.0. The van der Waals surface area contributed by atoms with Crippen LogP contribution in [-0.4, -0.2) is 0 Å². The topological polar surface area (TPSA) is 0 Å². The van der Waals surface area contributed by atoms with Gasteiger partial charge in [0, 0.05) is 16.5 Å². The van der Waals surface area contributed by atoms with Crippen LogP contribution in [0.2, 0.25) is 0 Å². The Morgan fingerprint density at radius 2 is 1.64 bits per heavy atom. The van der Waals surface area contributed by atoms with Crippen LogP contribution in [0.5, 0.6) is 0 Å². The van der Waals surface area contributed by atoms with E-state index in [4.69, 9.17) is 0 Å². The molecule has 1 aliphatic rings. The standard InChI is InChI=1S/C32H35F/c1-3-5-6-29-20-21-30-23-28(19-22-31(30)32(29)33)18-17-27-15-13-26(14-16-27)12-11-25-9-7-24(4-2)8-10-25/h4,13-16,19-25H,2-3,5-12H2,1H3. The summed E-state index contributed by atoms with van der Waals surface area (Å²) in [6.07, 6.45) is 12.8. The summed E-state index contributed by atoms with van der Waals surface area (Å²) in [6.45, 7) is 6.08. The Morgan fingerprint density at radius 3 is 2.36 bits per heavy atom. The number of allylic oxidation sites excluding steroid dienone is 1. The molecule has 0 aliphatic heterocycles. The minimum atomic E-state index is -0.0789. The van der Waals surface area contributed by atoms with E-state index >= 15 is 0 Å². The molecular formula is C32H35F. The Labute approximate surface area is 198 Å². The van der Waals surface area contributed by atoms with Crippen molar-refractivity contribution in [2.75, 3.05) is 0 Å². The van der Waals surface area contributed by atoms with Crippen LogP contribution in [0.15, 0.2) is 67.3 Å². The molecule has 1 fully saturated rings. The molecule has 1 aliphatic carbocycles. The first-order valence-corrected chi connectivity index (χ1v) is 12.6. The maximum absolute atomic E-state index is 14.8. The quantitative estimate of drug-likeness (QED) is 0.256. The largest absolute Gasteiger partial charge is 0.206 e. The second-order valence-electron chi connectivity index (χ2n) is 9.58. The molecule has 4 rings (SSSR count). The number of benzene rings is 3. The van der Waals surface area contributed by atoms with Gasteiger partial charge in [0.2, 0.25) is 0 Å². The lowest BCUT2D eigenvalue weighted by molar-refractivity contribution is 0.296. The average Bonchev–Trinajstić information content (AvgIpc) is 2.87.